The van der Waals surface area contributed by atoms with Crippen molar-refractivity contribution < 1.29 is 14.3 Å². The largest absolute Gasteiger partial charge is 0.484 e. The topological polar surface area (TPSA) is 58.6 Å². The lowest BCUT2D eigenvalue weighted by Crippen LogP contribution is -2.34. The first-order valence-corrected chi connectivity index (χ1v) is 11.3. The second-order valence-corrected chi connectivity index (χ2v) is 9.42. The Morgan fingerprint density at radius 1 is 0.970 bits per heavy atom. The Labute approximate surface area is 195 Å². The van der Waals surface area contributed by atoms with Crippen molar-refractivity contribution in [1.82, 2.24) is 0 Å². The Balaban J connectivity index is 1.38. The molecule has 0 saturated carbocycles. The van der Waals surface area contributed by atoms with Crippen LogP contribution in [0, 0.1) is 0 Å². The van der Waals surface area contributed by atoms with Gasteiger partial charge in [0.15, 0.2) is 6.61 Å². The molecule has 170 valence electrons. The number of rotatable bonds is 6. The standard InChI is InChI=1S/C28H30N2O3/c1-28(2,3)22-10-13-24(14-11-22)33-19-26(31)29-23-12-15-25-21(17-23)9-16-27(32)30(25)18-20-7-5-4-6-8-20/h4-8,10-15,17H,9,16,18-19H2,1-3H3,(H,29,31). The quantitative estimate of drug-likeness (QED) is 0.550. The monoisotopic (exact) mass is 442 g/mol. The Bertz CT molecular complexity index is 1130. The predicted molar refractivity (Wildman–Crippen MR) is 132 cm³/mol. The molecule has 0 aliphatic carbocycles. The maximum atomic E-state index is 12.6. The number of anilines is 2. The number of nitrogens with zero attached hydrogens (tertiary/aromatic N) is 1. The van der Waals surface area contributed by atoms with Crippen molar-refractivity contribution in [3.8, 4) is 5.75 Å². The summed E-state index contributed by atoms with van der Waals surface area (Å²) in [5, 5.41) is 2.91. The number of carbonyl (C=O) groups excluding carboxylic acids is 2. The molecule has 0 unspecified atom stereocenters. The molecule has 1 aliphatic heterocycles. The number of fused-ring (bicyclic) bond motifs is 1. The summed E-state index contributed by atoms with van der Waals surface area (Å²) in [6.07, 6.45) is 1.13. The van der Waals surface area contributed by atoms with Gasteiger partial charge in [0.25, 0.3) is 5.91 Å². The van der Waals surface area contributed by atoms with E-state index in [1.165, 1.54) is 5.56 Å². The summed E-state index contributed by atoms with van der Waals surface area (Å²) >= 11 is 0. The molecule has 0 spiro atoms. The normalized spacial score (nSPS) is 13.4. The van der Waals surface area contributed by atoms with Crippen molar-refractivity contribution in [2.45, 2.75) is 45.6 Å². The smallest absolute Gasteiger partial charge is 0.262 e. The van der Waals surface area contributed by atoms with E-state index in [1.54, 1.807) is 0 Å². The molecule has 0 atom stereocenters. The molecule has 0 saturated heterocycles. The third kappa shape index (κ3) is 5.61. The SMILES string of the molecule is CC(C)(C)c1ccc(OCC(=O)Nc2ccc3c(c2)CCC(=O)N3Cc2ccccc2)cc1. The van der Waals surface area contributed by atoms with E-state index in [-0.39, 0.29) is 23.8 Å². The van der Waals surface area contributed by atoms with Crippen LogP contribution in [0.2, 0.25) is 0 Å². The molecule has 1 heterocycles. The van der Waals surface area contributed by atoms with Crippen molar-refractivity contribution in [1.29, 1.82) is 0 Å². The average molecular weight is 443 g/mol. The van der Waals surface area contributed by atoms with Crippen LogP contribution in [0.4, 0.5) is 11.4 Å². The van der Waals surface area contributed by atoms with Crippen LogP contribution in [0.1, 0.15) is 43.9 Å². The van der Waals surface area contributed by atoms with Gasteiger partial charge in [-0.2, -0.15) is 0 Å². The van der Waals surface area contributed by atoms with Crippen molar-refractivity contribution in [2.24, 2.45) is 0 Å². The van der Waals surface area contributed by atoms with Gasteiger partial charge in [-0.25, -0.2) is 0 Å². The molecule has 0 aromatic heterocycles. The second kappa shape index (κ2) is 9.49. The first-order chi connectivity index (χ1) is 15.8. The zero-order chi connectivity index (χ0) is 23.4. The van der Waals surface area contributed by atoms with E-state index in [2.05, 4.69) is 26.1 Å². The summed E-state index contributed by atoms with van der Waals surface area (Å²) in [5.41, 5.74) is 5.05. The molecule has 5 heteroatoms. The Kier molecular flexibility index (Phi) is 6.50. The first-order valence-electron chi connectivity index (χ1n) is 11.3. The van der Waals surface area contributed by atoms with Crippen LogP contribution in [-0.4, -0.2) is 18.4 Å². The fourth-order valence-electron chi connectivity index (χ4n) is 3.97. The number of ether oxygens (including phenoxy) is 1. The van der Waals surface area contributed by atoms with Gasteiger partial charge in [-0.3, -0.25) is 9.59 Å². The van der Waals surface area contributed by atoms with Crippen LogP contribution < -0.4 is 15.0 Å². The van der Waals surface area contributed by atoms with E-state index in [9.17, 15) is 9.59 Å². The highest BCUT2D eigenvalue weighted by Gasteiger charge is 2.24. The Hall–Kier alpha value is -3.60. The molecule has 1 N–H and O–H groups in total. The van der Waals surface area contributed by atoms with Crippen LogP contribution in [0.25, 0.3) is 0 Å². The molecule has 0 radical (unpaired) electrons. The highest BCUT2D eigenvalue weighted by molar-refractivity contribution is 5.97. The van der Waals surface area contributed by atoms with E-state index in [1.807, 2.05) is 77.7 Å². The lowest BCUT2D eigenvalue weighted by molar-refractivity contribution is -0.119. The zero-order valence-electron chi connectivity index (χ0n) is 19.4. The summed E-state index contributed by atoms with van der Waals surface area (Å²) in [7, 11) is 0. The summed E-state index contributed by atoms with van der Waals surface area (Å²) < 4.78 is 5.65. The van der Waals surface area contributed by atoms with Gasteiger partial charge in [0.1, 0.15) is 5.75 Å². The number of carbonyl (C=O) groups is 2. The van der Waals surface area contributed by atoms with Gasteiger partial charge in [0.05, 0.1) is 6.54 Å². The number of hydrogen-bond donors (Lipinski definition) is 1. The molecule has 0 bridgehead atoms. The minimum absolute atomic E-state index is 0.0649. The predicted octanol–water partition coefficient (Wildman–Crippen LogP) is 5.48. The minimum Gasteiger partial charge on any atom is -0.484 e. The first kappa shape index (κ1) is 22.6. The molecule has 33 heavy (non-hydrogen) atoms. The van der Waals surface area contributed by atoms with Gasteiger partial charge in [-0.05, 0) is 58.9 Å². The molecule has 4 rings (SSSR count). The number of aryl methyl sites for hydroxylation is 1. The average Bonchev–Trinajstić information content (AvgIpc) is 2.80. The molecular weight excluding hydrogens is 412 g/mol. The molecule has 1 aliphatic rings. The van der Waals surface area contributed by atoms with Crippen LogP contribution in [0.15, 0.2) is 72.8 Å². The van der Waals surface area contributed by atoms with E-state index in [0.29, 0.717) is 30.8 Å². The fraction of sp³-hybridized carbons (Fsp3) is 0.286. The van der Waals surface area contributed by atoms with Crippen LogP contribution in [0.3, 0.4) is 0 Å². The van der Waals surface area contributed by atoms with Gasteiger partial charge in [0.2, 0.25) is 5.91 Å². The van der Waals surface area contributed by atoms with Crippen molar-refractivity contribution >= 4 is 23.2 Å². The molecule has 3 aromatic rings. The molecule has 5 nitrogen and oxygen atoms in total. The maximum Gasteiger partial charge on any atom is 0.262 e. The number of benzene rings is 3. The van der Waals surface area contributed by atoms with Gasteiger partial charge in [-0.15, -0.1) is 0 Å². The third-order valence-electron chi connectivity index (χ3n) is 5.84. The molecule has 2 amide bonds. The number of amides is 2. The number of hydrogen-bond acceptors (Lipinski definition) is 3. The summed E-state index contributed by atoms with van der Waals surface area (Å²) in [6, 6.07) is 23.5. The molecule has 0 fully saturated rings. The lowest BCUT2D eigenvalue weighted by atomic mass is 9.87. The zero-order valence-corrected chi connectivity index (χ0v) is 19.4. The summed E-state index contributed by atoms with van der Waals surface area (Å²) in [5.74, 6) is 0.565. The third-order valence-corrected chi connectivity index (χ3v) is 5.84. The van der Waals surface area contributed by atoms with E-state index in [4.69, 9.17) is 4.74 Å². The molecular formula is C28H30N2O3. The van der Waals surface area contributed by atoms with Crippen LogP contribution >= 0.6 is 0 Å². The van der Waals surface area contributed by atoms with Gasteiger partial charge >= 0.3 is 0 Å². The van der Waals surface area contributed by atoms with Gasteiger partial charge < -0.3 is 15.0 Å². The highest BCUT2D eigenvalue weighted by Crippen LogP contribution is 2.31. The number of nitrogens with one attached hydrogen (secondary N) is 1. The lowest BCUT2D eigenvalue weighted by Gasteiger charge is -2.30. The van der Waals surface area contributed by atoms with E-state index >= 15 is 0 Å². The highest BCUT2D eigenvalue weighted by atomic mass is 16.5. The Morgan fingerprint density at radius 3 is 2.39 bits per heavy atom. The maximum absolute atomic E-state index is 12.6. The molecule has 3 aromatic carbocycles. The second-order valence-electron chi connectivity index (χ2n) is 9.42. The minimum atomic E-state index is -0.220. The van der Waals surface area contributed by atoms with Crippen molar-refractivity contribution in [2.75, 3.05) is 16.8 Å². The van der Waals surface area contributed by atoms with Crippen molar-refractivity contribution in [3.63, 3.8) is 0 Å². The van der Waals surface area contributed by atoms with Gasteiger partial charge in [-0.1, -0.05) is 63.2 Å². The van der Waals surface area contributed by atoms with Crippen molar-refractivity contribution in [3.05, 3.63) is 89.5 Å². The summed E-state index contributed by atoms with van der Waals surface area (Å²) in [4.78, 5) is 26.8. The van der Waals surface area contributed by atoms with E-state index in [0.717, 1.165) is 16.8 Å². The van der Waals surface area contributed by atoms with Gasteiger partial charge in [0, 0.05) is 17.8 Å². The fourth-order valence-corrected chi connectivity index (χ4v) is 3.97. The van der Waals surface area contributed by atoms with Crippen LogP contribution in [0.5, 0.6) is 5.75 Å². The van der Waals surface area contributed by atoms with Crippen LogP contribution in [-0.2, 0) is 28.0 Å². The van der Waals surface area contributed by atoms with E-state index < -0.39 is 0 Å². The summed E-state index contributed by atoms with van der Waals surface area (Å²) in [6.45, 7) is 6.95. The Morgan fingerprint density at radius 2 is 1.70 bits per heavy atom.